The molecular formula is C20H26ClN5O2. The largest absolute Gasteiger partial charge is 0.395 e. The molecule has 0 radical (unpaired) electrons. The van der Waals surface area contributed by atoms with E-state index in [2.05, 4.69) is 15.2 Å². The van der Waals surface area contributed by atoms with Crippen LogP contribution in [0.3, 0.4) is 0 Å². The molecule has 0 unspecified atom stereocenters. The zero-order valence-electron chi connectivity index (χ0n) is 16.0. The van der Waals surface area contributed by atoms with Crippen LogP contribution in [0.15, 0.2) is 41.6 Å². The zero-order valence-corrected chi connectivity index (χ0v) is 16.8. The van der Waals surface area contributed by atoms with E-state index >= 15 is 0 Å². The molecule has 2 aromatic rings. The second-order valence-corrected chi connectivity index (χ2v) is 7.53. The number of likely N-dealkylation sites (tertiary alicyclic amines) is 1. The standard InChI is InChI=1S/C20H26ClN5O2/c1-24(11-12-27)20(28)19-15-26(23-22-19)18-7-9-25(10-8-18)14-17(21)13-16-5-3-2-4-6-16/h2-6,13,15,18,27H,7-12,14H2,1H3. The van der Waals surface area contributed by atoms with Crippen LogP contribution < -0.4 is 0 Å². The van der Waals surface area contributed by atoms with Gasteiger partial charge in [0.15, 0.2) is 5.69 Å². The molecule has 1 aromatic heterocycles. The number of hydrogen-bond acceptors (Lipinski definition) is 5. The lowest BCUT2D eigenvalue weighted by Crippen LogP contribution is -2.35. The van der Waals surface area contributed by atoms with Crippen LogP contribution in [0.25, 0.3) is 6.08 Å². The van der Waals surface area contributed by atoms with Crippen molar-refractivity contribution in [3.63, 3.8) is 0 Å². The molecule has 7 nitrogen and oxygen atoms in total. The molecule has 1 aliphatic heterocycles. The van der Waals surface area contributed by atoms with E-state index in [1.54, 1.807) is 17.9 Å². The second-order valence-electron chi connectivity index (χ2n) is 7.04. The van der Waals surface area contributed by atoms with E-state index in [9.17, 15) is 4.79 Å². The fourth-order valence-electron chi connectivity index (χ4n) is 3.33. The first-order valence-electron chi connectivity index (χ1n) is 9.48. The number of aromatic nitrogens is 3. The Balaban J connectivity index is 1.52. The van der Waals surface area contributed by atoms with Gasteiger partial charge < -0.3 is 10.0 Å². The smallest absolute Gasteiger partial charge is 0.275 e. The van der Waals surface area contributed by atoms with E-state index in [4.69, 9.17) is 16.7 Å². The highest BCUT2D eigenvalue weighted by atomic mass is 35.5. The predicted molar refractivity (Wildman–Crippen MR) is 109 cm³/mol. The lowest BCUT2D eigenvalue weighted by atomic mass is 10.1. The minimum Gasteiger partial charge on any atom is -0.395 e. The Kier molecular flexibility index (Phi) is 7.19. The van der Waals surface area contributed by atoms with Gasteiger partial charge in [-0.1, -0.05) is 47.1 Å². The normalized spacial score (nSPS) is 16.3. The van der Waals surface area contributed by atoms with Gasteiger partial charge >= 0.3 is 0 Å². The van der Waals surface area contributed by atoms with E-state index in [1.165, 1.54) is 4.90 Å². The number of nitrogens with zero attached hydrogens (tertiary/aromatic N) is 5. The maximum absolute atomic E-state index is 12.2. The van der Waals surface area contributed by atoms with Crippen LogP contribution in [0.1, 0.15) is 34.9 Å². The molecule has 0 saturated carbocycles. The molecule has 1 saturated heterocycles. The second kappa shape index (κ2) is 9.82. The average molecular weight is 404 g/mol. The monoisotopic (exact) mass is 403 g/mol. The number of likely N-dealkylation sites (N-methyl/N-ethyl adjacent to an activating group) is 1. The van der Waals surface area contributed by atoms with Gasteiger partial charge in [0.2, 0.25) is 0 Å². The van der Waals surface area contributed by atoms with Gasteiger partial charge in [0.1, 0.15) is 0 Å². The number of aliphatic hydroxyl groups is 1. The minimum absolute atomic E-state index is 0.0733. The van der Waals surface area contributed by atoms with Crippen LogP contribution in [0.4, 0.5) is 0 Å². The van der Waals surface area contributed by atoms with Crippen molar-refractivity contribution in [3.8, 4) is 0 Å². The van der Waals surface area contributed by atoms with Gasteiger partial charge in [-0.2, -0.15) is 0 Å². The summed E-state index contributed by atoms with van der Waals surface area (Å²) in [7, 11) is 1.64. The Hall–Kier alpha value is -2.22. The summed E-state index contributed by atoms with van der Waals surface area (Å²) in [6.45, 7) is 2.77. The summed E-state index contributed by atoms with van der Waals surface area (Å²) in [5.74, 6) is -0.226. The Morgan fingerprint density at radius 3 is 2.71 bits per heavy atom. The topological polar surface area (TPSA) is 74.5 Å². The van der Waals surface area contributed by atoms with Crippen LogP contribution in [0, 0.1) is 0 Å². The summed E-state index contributed by atoms with van der Waals surface area (Å²) in [4.78, 5) is 16.0. The maximum atomic E-state index is 12.2. The van der Waals surface area contributed by atoms with E-state index in [0.717, 1.165) is 43.1 Å². The summed E-state index contributed by atoms with van der Waals surface area (Å²) < 4.78 is 1.79. The van der Waals surface area contributed by atoms with Crippen LogP contribution in [-0.4, -0.2) is 75.6 Å². The fourth-order valence-corrected chi connectivity index (χ4v) is 3.63. The first-order valence-corrected chi connectivity index (χ1v) is 9.86. The Bertz CT molecular complexity index is 800. The van der Waals surface area contributed by atoms with Crippen molar-refractivity contribution in [2.45, 2.75) is 18.9 Å². The molecule has 28 heavy (non-hydrogen) atoms. The molecule has 1 fully saturated rings. The van der Waals surface area contributed by atoms with Crippen molar-refractivity contribution in [3.05, 3.63) is 52.8 Å². The van der Waals surface area contributed by atoms with Crippen LogP contribution in [-0.2, 0) is 0 Å². The Labute approximate surface area is 170 Å². The third kappa shape index (κ3) is 5.41. The highest BCUT2D eigenvalue weighted by Gasteiger charge is 2.23. The van der Waals surface area contributed by atoms with Gasteiger partial charge in [-0.25, -0.2) is 4.68 Å². The number of rotatable bonds is 7. The number of hydrogen-bond donors (Lipinski definition) is 1. The minimum atomic E-state index is -0.226. The first kappa shape index (κ1) is 20.5. The molecule has 0 bridgehead atoms. The molecule has 0 spiro atoms. The number of benzene rings is 1. The molecule has 1 amide bonds. The molecule has 150 valence electrons. The van der Waals surface area contributed by atoms with Crippen molar-refractivity contribution in [2.75, 3.05) is 39.8 Å². The molecule has 0 aliphatic carbocycles. The lowest BCUT2D eigenvalue weighted by molar-refractivity contribution is 0.0761. The van der Waals surface area contributed by atoms with Gasteiger partial charge in [-0.3, -0.25) is 9.69 Å². The predicted octanol–water partition coefficient (Wildman–Crippen LogP) is 2.26. The number of aliphatic hydroxyl groups excluding tert-OH is 1. The number of carbonyl (C=O) groups excluding carboxylic acids is 1. The van der Waals surface area contributed by atoms with E-state index < -0.39 is 0 Å². The van der Waals surface area contributed by atoms with E-state index in [0.29, 0.717) is 5.69 Å². The number of carbonyl (C=O) groups is 1. The lowest BCUT2D eigenvalue weighted by Gasteiger charge is -2.31. The van der Waals surface area contributed by atoms with Crippen molar-refractivity contribution in [1.82, 2.24) is 24.8 Å². The number of halogens is 1. The molecule has 1 aromatic carbocycles. The summed E-state index contributed by atoms with van der Waals surface area (Å²) in [6, 6.07) is 10.3. The molecule has 2 heterocycles. The molecule has 0 atom stereocenters. The quantitative estimate of drug-likeness (QED) is 0.767. The number of amides is 1. The molecule has 3 rings (SSSR count). The summed E-state index contributed by atoms with van der Waals surface area (Å²) in [5, 5.41) is 17.9. The number of piperidine rings is 1. The highest BCUT2D eigenvalue weighted by Crippen LogP contribution is 2.23. The van der Waals surface area contributed by atoms with Gasteiger partial charge in [0.05, 0.1) is 18.8 Å². The highest BCUT2D eigenvalue weighted by molar-refractivity contribution is 6.31. The summed E-state index contributed by atoms with van der Waals surface area (Å²) in [6.07, 6.45) is 5.57. The molecular weight excluding hydrogens is 378 g/mol. The van der Waals surface area contributed by atoms with Crippen molar-refractivity contribution in [2.24, 2.45) is 0 Å². The van der Waals surface area contributed by atoms with Crippen LogP contribution in [0.2, 0.25) is 0 Å². The first-order chi connectivity index (χ1) is 13.6. The zero-order chi connectivity index (χ0) is 19.9. The SMILES string of the molecule is CN(CCO)C(=O)c1cn(C2CCN(CC(Cl)=Cc3ccccc3)CC2)nn1. The third-order valence-electron chi connectivity index (χ3n) is 4.94. The van der Waals surface area contributed by atoms with E-state index in [-0.39, 0.29) is 25.1 Å². The Morgan fingerprint density at radius 2 is 2.04 bits per heavy atom. The fraction of sp³-hybridized carbons (Fsp3) is 0.450. The van der Waals surface area contributed by atoms with Crippen molar-refractivity contribution >= 4 is 23.6 Å². The van der Waals surface area contributed by atoms with Gasteiger partial charge in [0, 0.05) is 38.3 Å². The average Bonchev–Trinajstić information content (AvgIpc) is 3.19. The molecule has 1 N–H and O–H groups in total. The van der Waals surface area contributed by atoms with Gasteiger partial charge in [-0.15, -0.1) is 5.10 Å². The van der Waals surface area contributed by atoms with Gasteiger partial charge in [0.25, 0.3) is 5.91 Å². The summed E-state index contributed by atoms with van der Waals surface area (Å²) in [5.41, 5.74) is 1.42. The van der Waals surface area contributed by atoms with Crippen LogP contribution in [0.5, 0.6) is 0 Å². The van der Waals surface area contributed by atoms with Crippen molar-refractivity contribution in [1.29, 1.82) is 0 Å². The molecule has 8 heteroatoms. The summed E-state index contributed by atoms with van der Waals surface area (Å²) >= 11 is 6.43. The maximum Gasteiger partial charge on any atom is 0.275 e. The van der Waals surface area contributed by atoms with Crippen LogP contribution >= 0.6 is 11.6 Å². The Morgan fingerprint density at radius 1 is 1.32 bits per heavy atom. The van der Waals surface area contributed by atoms with Crippen molar-refractivity contribution < 1.29 is 9.90 Å². The third-order valence-corrected chi connectivity index (χ3v) is 5.17. The van der Waals surface area contributed by atoms with E-state index in [1.807, 2.05) is 36.4 Å². The molecule has 1 aliphatic rings. The van der Waals surface area contributed by atoms with Gasteiger partial charge in [-0.05, 0) is 24.5 Å².